The number of halogens is 2. The summed E-state index contributed by atoms with van der Waals surface area (Å²) in [7, 11) is 0. The number of rotatable bonds is 3. The molecule has 0 aliphatic rings. The third-order valence-corrected chi connectivity index (χ3v) is 3.28. The molecular formula is C12H13BrFN3. The largest absolute Gasteiger partial charge is 0.323 e. The molecule has 90 valence electrons. The summed E-state index contributed by atoms with van der Waals surface area (Å²) >= 11 is 3.17. The minimum atomic E-state index is -0.282. The topological polar surface area (TPSA) is 43.8 Å². The Kier molecular flexibility index (Phi) is 3.59. The van der Waals surface area contributed by atoms with Gasteiger partial charge >= 0.3 is 0 Å². The first-order valence-corrected chi connectivity index (χ1v) is 6.16. The molecule has 1 aromatic heterocycles. The van der Waals surface area contributed by atoms with Crippen LogP contribution in [0.1, 0.15) is 25.1 Å². The van der Waals surface area contributed by atoms with Crippen LogP contribution in [0.3, 0.4) is 0 Å². The average molecular weight is 298 g/mol. The number of imidazole rings is 1. The van der Waals surface area contributed by atoms with Gasteiger partial charge in [-0.15, -0.1) is 0 Å². The second-order valence-electron chi connectivity index (χ2n) is 3.80. The average Bonchev–Trinajstić information content (AvgIpc) is 2.80. The van der Waals surface area contributed by atoms with Crippen molar-refractivity contribution in [3.63, 3.8) is 0 Å². The highest BCUT2D eigenvalue weighted by Crippen LogP contribution is 2.23. The van der Waals surface area contributed by atoms with Crippen molar-refractivity contribution < 1.29 is 4.39 Å². The maximum atomic E-state index is 13.2. The van der Waals surface area contributed by atoms with Crippen molar-refractivity contribution in [3.8, 4) is 5.69 Å². The Hall–Kier alpha value is -1.20. The van der Waals surface area contributed by atoms with Crippen LogP contribution in [0.5, 0.6) is 0 Å². The summed E-state index contributed by atoms with van der Waals surface area (Å²) < 4.78 is 15.5. The van der Waals surface area contributed by atoms with E-state index >= 15 is 0 Å². The van der Waals surface area contributed by atoms with Gasteiger partial charge in [0.25, 0.3) is 0 Å². The van der Waals surface area contributed by atoms with Crippen molar-refractivity contribution in [1.29, 1.82) is 0 Å². The summed E-state index contributed by atoms with van der Waals surface area (Å²) in [6.07, 6.45) is 4.25. The number of benzene rings is 1. The van der Waals surface area contributed by atoms with E-state index in [0.29, 0.717) is 4.47 Å². The molecule has 0 radical (unpaired) electrons. The predicted octanol–water partition coefficient (Wildman–Crippen LogP) is 3.18. The van der Waals surface area contributed by atoms with Crippen molar-refractivity contribution in [2.75, 3.05) is 0 Å². The van der Waals surface area contributed by atoms with Crippen molar-refractivity contribution >= 4 is 15.9 Å². The summed E-state index contributed by atoms with van der Waals surface area (Å²) in [6, 6.07) is 4.76. The van der Waals surface area contributed by atoms with Crippen LogP contribution in [0.2, 0.25) is 0 Å². The highest BCUT2D eigenvalue weighted by molar-refractivity contribution is 9.10. The summed E-state index contributed by atoms with van der Waals surface area (Å²) in [5.74, 6) is -0.282. The molecule has 0 saturated heterocycles. The molecule has 3 nitrogen and oxygen atoms in total. The van der Waals surface area contributed by atoms with Crippen molar-refractivity contribution in [2.24, 2.45) is 5.73 Å². The predicted molar refractivity (Wildman–Crippen MR) is 68.4 cm³/mol. The number of nitrogens with two attached hydrogens (primary N) is 1. The molecule has 0 unspecified atom stereocenters. The van der Waals surface area contributed by atoms with Gasteiger partial charge in [0, 0.05) is 11.7 Å². The van der Waals surface area contributed by atoms with E-state index in [2.05, 4.69) is 20.9 Å². The Labute approximate surface area is 108 Å². The van der Waals surface area contributed by atoms with Crippen LogP contribution in [0.15, 0.2) is 35.2 Å². The van der Waals surface area contributed by atoms with Crippen LogP contribution in [0.4, 0.5) is 4.39 Å². The van der Waals surface area contributed by atoms with E-state index in [-0.39, 0.29) is 11.9 Å². The molecule has 0 aliphatic carbocycles. The van der Waals surface area contributed by atoms with E-state index < -0.39 is 0 Å². The molecule has 0 bridgehead atoms. The van der Waals surface area contributed by atoms with Gasteiger partial charge in [-0.2, -0.15) is 0 Å². The number of hydrogen-bond donors (Lipinski definition) is 1. The van der Waals surface area contributed by atoms with Crippen LogP contribution < -0.4 is 5.73 Å². The van der Waals surface area contributed by atoms with E-state index in [4.69, 9.17) is 5.73 Å². The summed E-state index contributed by atoms with van der Waals surface area (Å²) in [6.45, 7) is 2.02. The minimum Gasteiger partial charge on any atom is -0.323 e. The van der Waals surface area contributed by atoms with E-state index in [0.717, 1.165) is 17.8 Å². The molecule has 1 heterocycles. The second kappa shape index (κ2) is 4.98. The third kappa shape index (κ3) is 2.40. The first kappa shape index (κ1) is 12.3. The van der Waals surface area contributed by atoms with E-state index in [9.17, 15) is 4.39 Å². The molecule has 0 amide bonds. The van der Waals surface area contributed by atoms with Gasteiger partial charge in [-0.25, -0.2) is 9.37 Å². The molecule has 2 rings (SSSR count). The zero-order valence-corrected chi connectivity index (χ0v) is 11.0. The summed E-state index contributed by atoms with van der Waals surface area (Å²) in [4.78, 5) is 4.09. The van der Waals surface area contributed by atoms with Crippen LogP contribution in [-0.4, -0.2) is 9.55 Å². The minimum absolute atomic E-state index is 0.0682. The highest BCUT2D eigenvalue weighted by Gasteiger charge is 2.11. The van der Waals surface area contributed by atoms with E-state index in [1.54, 1.807) is 24.7 Å². The lowest BCUT2D eigenvalue weighted by Gasteiger charge is -2.13. The first-order valence-electron chi connectivity index (χ1n) is 5.36. The standard InChI is InChI=1S/C12H13BrFN3/c1-2-11(15)12-6-16-7-17(12)8-3-4-10(14)9(13)5-8/h3-7,11H,2,15H2,1H3/t11-/m1/s1. The molecule has 5 heteroatoms. The van der Waals surface area contributed by atoms with E-state index in [1.165, 1.54) is 6.07 Å². The van der Waals surface area contributed by atoms with Crippen LogP contribution in [-0.2, 0) is 0 Å². The molecule has 0 saturated carbocycles. The molecule has 0 fully saturated rings. The normalized spacial score (nSPS) is 12.7. The fourth-order valence-corrected chi connectivity index (χ4v) is 2.01. The number of aromatic nitrogens is 2. The van der Waals surface area contributed by atoms with Crippen LogP contribution in [0.25, 0.3) is 5.69 Å². The van der Waals surface area contributed by atoms with Crippen molar-refractivity contribution in [2.45, 2.75) is 19.4 Å². The third-order valence-electron chi connectivity index (χ3n) is 2.67. The van der Waals surface area contributed by atoms with Gasteiger partial charge in [0.05, 0.1) is 22.7 Å². The molecule has 1 aromatic carbocycles. The molecule has 2 N–H and O–H groups in total. The SMILES string of the molecule is CC[C@@H](N)c1cncn1-c1ccc(F)c(Br)c1. The monoisotopic (exact) mass is 297 g/mol. The molecular weight excluding hydrogens is 285 g/mol. The lowest BCUT2D eigenvalue weighted by molar-refractivity contribution is 0.619. The van der Waals surface area contributed by atoms with Gasteiger partial charge in [-0.05, 0) is 40.5 Å². The Bertz CT molecular complexity index is 524. The fourth-order valence-electron chi connectivity index (χ4n) is 1.64. The highest BCUT2D eigenvalue weighted by atomic mass is 79.9. The molecule has 0 spiro atoms. The quantitative estimate of drug-likeness (QED) is 0.945. The van der Waals surface area contributed by atoms with Crippen molar-refractivity contribution in [3.05, 3.63) is 46.7 Å². The number of hydrogen-bond acceptors (Lipinski definition) is 2. The van der Waals surface area contributed by atoms with Crippen LogP contribution in [0, 0.1) is 5.82 Å². The maximum absolute atomic E-state index is 13.2. The first-order chi connectivity index (χ1) is 8.13. The molecule has 2 aromatic rings. The maximum Gasteiger partial charge on any atom is 0.137 e. The molecule has 17 heavy (non-hydrogen) atoms. The van der Waals surface area contributed by atoms with Gasteiger partial charge in [0.1, 0.15) is 5.82 Å². The Morgan fingerprint density at radius 3 is 2.94 bits per heavy atom. The van der Waals surface area contributed by atoms with Crippen LogP contribution >= 0.6 is 15.9 Å². The molecule has 1 atom stereocenters. The van der Waals surface area contributed by atoms with Crippen molar-refractivity contribution in [1.82, 2.24) is 9.55 Å². The zero-order chi connectivity index (χ0) is 12.4. The lowest BCUT2D eigenvalue weighted by Crippen LogP contribution is -2.13. The fraction of sp³-hybridized carbons (Fsp3) is 0.250. The van der Waals surface area contributed by atoms with Gasteiger partial charge in [-0.3, -0.25) is 0 Å². The summed E-state index contributed by atoms with van der Waals surface area (Å²) in [5.41, 5.74) is 7.76. The summed E-state index contributed by atoms with van der Waals surface area (Å²) in [5, 5.41) is 0. The smallest absolute Gasteiger partial charge is 0.137 e. The Morgan fingerprint density at radius 1 is 1.53 bits per heavy atom. The Balaban J connectivity index is 2.46. The van der Waals surface area contributed by atoms with E-state index in [1.807, 2.05) is 11.5 Å². The Morgan fingerprint density at radius 2 is 2.29 bits per heavy atom. The zero-order valence-electron chi connectivity index (χ0n) is 9.40. The molecule has 0 aliphatic heterocycles. The lowest BCUT2D eigenvalue weighted by atomic mass is 10.2. The second-order valence-corrected chi connectivity index (χ2v) is 4.66. The van der Waals surface area contributed by atoms with Gasteiger partial charge < -0.3 is 10.3 Å². The number of nitrogens with zero attached hydrogens (tertiary/aromatic N) is 2. The van der Waals surface area contributed by atoms with Gasteiger partial charge in [0.2, 0.25) is 0 Å². The van der Waals surface area contributed by atoms with Gasteiger partial charge in [0.15, 0.2) is 0 Å². The van der Waals surface area contributed by atoms with Gasteiger partial charge in [-0.1, -0.05) is 6.92 Å².